The minimum absolute atomic E-state index is 0.0423. The standard InChI is InChI=1S/C23H29NO3/c1-3-26-23(25)16-27-22-13-12-19-10-7-11-21(14-20(19)15-22)24-17(2)18-8-5-4-6-9-18/h4-6,8-9,12-13,15,17,21,24H,3,7,10-11,14,16H2,1-2H3/t17-,21-/m0/s1. The fourth-order valence-corrected chi connectivity index (χ4v) is 3.71. The van der Waals surface area contributed by atoms with Crippen LogP contribution in [0.3, 0.4) is 0 Å². The van der Waals surface area contributed by atoms with Gasteiger partial charge in [0.2, 0.25) is 0 Å². The number of hydrogen-bond donors (Lipinski definition) is 1. The molecule has 0 radical (unpaired) electrons. The van der Waals surface area contributed by atoms with E-state index in [9.17, 15) is 4.79 Å². The Bertz CT molecular complexity index is 745. The number of ether oxygens (including phenoxy) is 2. The fraction of sp³-hybridized carbons (Fsp3) is 0.435. The molecule has 1 N–H and O–H groups in total. The summed E-state index contributed by atoms with van der Waals surface area (Å²) in [5.74, 6) is 0.405. The van der Waals surface area contributed by atoms with Gasteiger partial charge in [0.25, 0.3) is 0 Å². The lowest BCUT2D eigenvalue weighted by Crippen LogP contribution is -2.33. The molecule has 1 aliphatic rings. The van der Waals surface area contributed by atoms with Crippen LogP contribution in [-0.2, 0) is 22.4 Å². The van der Waals surface area contributed by atoms with Gasteiger partial charge in [-0.25, -0.2) is 4.79 Å². The molecule has 4 nitrogen and oxygen atoms in total. The summed E-state index contributed by atoms with van der Waals surface area (Å²) in [6.07, 6.45) is 4.40. The van der Waals surface area contributed by atoms with Crippen molar-refractivity contribution in [3.05, 3.63) is 65.2 Å². The second kappa shape index (κ2) is 9.56. The zero-order valence-electron chi connectivity index (χ0n) is 16.2. The van der Waals surface area contributed by atoms with E-state index >= 15 is 0 Å². The molecular weight excluding hydrogens is 338 g/mol. The maximum atomic E-state index is 11.5. The van der Waals surface area contributed by atoms with Crippen LogP contribution in [0.25, 0.3) is 0 Å². The molecule has 3 rings (SSSR count). The van der Waals surface area contributed by atoms with Crippen molar-refractivity contribution in [2.75, 3.05) is 13.2 Å². The number of hydrogen-bond acceptors (Lipinski definition) is 4. The molecule has 0 heterocycles. The van der Waals surface area contributed by atoms with Crippen LogP contribution in [-0.4, -0.2) is 25.2 Å². The SMILES string of the molecule is CCOC(=O)COc1ccc2c(c1)C[C@@H](N[C@@H](C)c1ccccc1)CCC2. The van der Waals surface area contributed by atoms with E-state index in [2.05, 4.69) is 54.7 Å². The van der Waals surface area contributed by atoms with E-state index < -0.39 is 0 Å². The van der Waals surface area contributed by atoms with E-state index in [0.717, 1.165) is 25.0 Å². The predicted molar refractivity (Wildman–Crippen MR) is 107 cm³/mol. The third-order valence-electron chi connectivity index (χ3n) is 5.09. The molecule has 0 saturated carbocycles. The summed E-state index contributed by atoms with van der Waals surface area (Å²) < 4.78 is 10.5. The van der Waals surface area contributed by atoms with E-state index in [1.165, 1.54) is 23.1 Å². The molecule has 0 saturated heterocycles. The maximum absolute atomic E-state index is 11.5. The Morgan fingerprint density at radius 3 is 2.78 bits per heavy atom. The highest BCUT2D eigenvalue weighted by Gasteiger charge is 2.19. The van der Waals surface area contributed by atoms with Crippen molar-refractivity contribution < 1.29 is 14.3 Å². The Balaban J connectivity index is 1.64. The maximum Gasteiger partial charge on any atom is 0.344 e. The molecule has 0 bridgehead atoms. The average Bonchev–Trinajstić information content (AvgIpc) is 2.88. The van der Waals surface area contributed by atoms with E-state index in [4.69, 9.17) is 9.47 Å². The molecule has 2 aromatic rings. The molecule has 27 heavy (non-hydrogen) atoms. The van der Waals surface area contributed by atoms with Crippen LogP contribution in [0.2, 0.25) is 0 Å². The largest absolute Gasteiger partial charge is 0.482 e. The lowest BCUT2D eigenvalue weighted by Gasteiger charge is -2.23. The minimum Gasteiger partial charge on any atom is -0.482 e. The summed E-state index contributed by atoms with van der Waals surface area (Å²) in [5, 5.41) is 3.79. The number of aryl methyl sites for hydroxylation is 1. The van der Waals surface area contributed by atoms with Crippen molar-refractivity contribution >= 4 is 5.97 Å². The normalized spacial score (nSPS) is 17.5. The summed E-state index contributed by atoms with van der Waals surface area (Å²) in [7, 11) is 0. The van der Waals surface area contributed by atoms with Crippen molar-refractivity contribution in [2.45, 2.75) is 51.6 Å². The monoisotopic (exact) mass is 367 g/mol. The Labute approximate surface area is 161 Å². The molecule has 2 aromatic carbocycles. The number of fused-ring (bicyclic) bond motifs is 1. The number of nitrogens with one attached hydrogen (secondary N) is 1. The van der Waals surface area contributed by atoms with Gasteiger partial charge in [-0.05, 0) is 68.4 Å². The van der Waals surface area contributed by atoms with Gasteiger partial charge in [0.15, 0.2) is 6.61 Å². The van der Waals surface area contributed by atoms with Crippen LogP contribution in [0.1, 0.15) is 49.4 Å². The van der Waals surface area contributed by atoms with Gasteiger partial charge in [0.1, 0.15) is 5.75 Å². The topological polar surface area (TPSA) is 47.6 Å². The van der Waals surface area contributed by atoms with Crippen molar-refractivity contribution in [3.63, 3.8) is 0 Å². The summed E-state index contributed by atoms with van der Waals surface area (Å²) in [6.45, 7) is 4.35. The van der Waals surface area contributed by atoms with E-state index in [1.807, 2.05) is 6.07 Å². The van der Waals surface area contributed by atoms with E-state index in [1.54, 1.807) is 6.92 Å². The first-order valence-electron chi connectivity index (χ1n) is 9.87. The highest BCUT2D eigenvalue weighted by atomic mass is 16.6. The molecule has 1 aliphatic carbocycles. The lowest BCUT2D eigenvalue weighted by atomic mass is 10.00. The molecule has 0 fully saturated rings. The van der Waals surface area contributed by atoms with Crippen LogP contribution in [0, 0.1) is 0 Å². The van der Waals surface area contributed by atoms with E-state index in [-0.39, 0.29) is 12.6 Å². The summed E-state index contributed by atoms with van der Waals surface area (Å²) in [4.78, 5) is 11.5. The van der Waals surface area contributed by atoms with Crippen LogP contribution in [0.15, 0.2) is 48.5 Å². The van der Waals surface area contributed by atoms with Crippen LogP contribution in [0.5, 0.6) is 5.75 Å². The number of esters is 1. The molecule has 144 valence electrons. The van der Waals surface area contributed by atoms with E-state index in [0.29, 0.717) is 18.7 Å². The Kier molecular flexibility index (Phi) is 6.88. The predicted octanol–water partition coefficient (Wildman–Crippen LogP) is 4.23. The lowest BCUT2D eigenvalue weighted by molar-refractivity contribution is -0.145. The molecule has 2 atom stereocenters. The van der Waals surface area contributed by atoms with Gasteiger partial charge in [-0.1, -0.05) is 36.4 Å². The van der Waals surface area contributed by atoms with Gasteiger partial charge in [-0.3, -0.25) is 0 Å². The number of carbonyl (C=O) groups excluding carboxylic acids is 1. The molecule has 4 heteroatoms. The first-order chi connectivity index (χ1) is 13.2. The van der Waals surface area contributed by atoms with Crippen molar-refractivity contribution in [1.29, 1.82) is 0 Å². The fourth-order valence-electron chi connectivity index (χ4n) is 3.71. The number of carbonyl (C=O) groups is 1. The van der Waals surface area contributed by atoms with Gasteiger partial charge in [0, 0.05) is 12.1 Å². The molecule has 0 amide bonds. The zero-order valence-corrected chi connectivity index (χ0v) is 16.2. The van der Waals surface area contributed by atoms with Gasteiger partial charge >= 0.3 is 5.97 Å². The van der Waals surface area contributed by atoms with Crippen LogP contribution >= 0.6 is 0 Å². The van der Waals surface area contributed by atoms with Crippen LogP contribution in [0.4, 0.5) is 0 Å². The zero-order chi connectivity index (χ0) is 19.1. The molecular formula is C23H29NO3. The van der Waals surface area contributed by atoms with Gasteiger partial charge in [-0.15, -0.1) is 0 Å². The average molecular weight is 367 g/mol. The first-order valence-corrected chi connectivity index (χ1v) is 9.87. The number of benzene rings is 2. The third-order valence-corrected chi connectivity index (χ3v) is 5.09. The van der Waals surface area contributed by atoms with Crippen molar-refractivity contribution in [3.8, 4) is 5.75 Å². The smallest absolute Gasteiger partial charge is 0.344 e. The highest BCUT2D eigenvalue weighted by Crippen LogP contribution is 2.26. The number of rotatable bonds is 7. The molecule has 0 aromatic heterocycles. The van der Waals surface area contributed by atoms with Gasteiger partial charge in [0.05, 0.1) is 6.61 Å². The minimum atomic E-state index is -0.330. The molecule has 0 spiro atoms. The molecule has 0 aliphatic heterocycles. The quantitative estimate of drug-likeness (QED) is 0.588. The van der Waals surface area contributed by atoms with Gasteiger partial charge < -0.3 is 14.8 Å². The second-order valence-corrected chi connectivity index (χ2v) is 7.12. The Morgan fingerprint density at radius 1 is 1.19 bits per heavy atom. The molecule has 0 unspecified atom stereocenters. The summed E-state index contributed by atoms with van der Waals surface area (Å²) in [5.41, 5.74) is 4.01. The highest BCUT2D eigenvalue weighted by molar-refractivity contribution is 5.71. The summed E-state index contributed by atoms with van der Waals surface area (Å²) in [6, 6.07) is 17.5. The van der Waals surface area contributed by atoms with Crippen molar-refractivity contribution in [2.24, 2.45) is 0 Å². The summed E-state index contributed by atoms with van der Waals surface area (Å²) >= 11 is 0. The second-order valence-electron chi connectivity index (χ2n) is 7.12. The first kappa shape index (κ1) is 19.4. The Morgan fingerprint density at radius 2 is 2.00 bits per heavy atom. The third kappa shape index (κ3) is 5.57. The van der Waals surface area contributed by atoms with Crippen LogP contribution < -0.4 is 10.1 Å². The van der Waals surface area contributed by atoms with Crippen molar-refractivity contribution in [1.82, 2.24) is 5.32 Å². The van der Waals surface area contributed by atoms with Gasteiger partial charge in [-0.2, -0.15) is 0 Å². The Hall–Kier alpha value is -2.33.